The monoisotopic (exact) mass is 651 g/mol. The summed E-state index contributed by atoms with van der Waals surface area (Å²) < 4.78 is 6.53. The predicted octanol–water partition coefficient (Wildman–Crippen LogP) is 12.4. The first-order valence-electron chi connectivity index (χ1n) is 17.1. The summed E-state index contributed by atoms with van der Waals surface area (Å²) in [6.07, 6.45) is 0. The highest BCUT2D eigenvalue weighted by molar-refractivity contribution is 6.07. The molecule has 4 nitrogen and oxygen atoms in total. The number of furan rings is 1. The van der Waals surface area contributed by atoms with Gasteiger partial charge in [-0.3, -0.25) is 0 Å². The van der Waals surface area contributed by atoms with Crippen molar-refractivity contribution in [1.82, 2.24) is 15.0 Å². The molecule has 0 atom stereocenters. The molecule has 51 heavy (non-hydrogen) atoms. The van der Waals surface area contributed by atoms with E-state index in [1.54, 1.807) is 0 Å². The number of benzene rings is 8. The van der Waals surface area contributed by atoms with Crippen LogP contribution >= 0.6 is 0 Å². The van der Waals surface area contributed by atoms with Gasteiger partial charge in [-0.05, 0) is 80.2 Å². The summed E-state index contributed by atoms with van der Waals surface area (Å²) in [7, 11) is 0. The summed E-state index contributed by atoms with van der Waals surface area (Å²) in [5, 5.41) is 6.89. The number of fused-ring (bicyclic) bond motifs is 5. The third-order valence-corrected chi connectivity index (χ3v) is 9.71. The quantitative estimate of drug-likeness (QED) is 0.186. The maximum Gasteiger partial charge on any atom is 0.164 e. The van der Waals surface area contributed by atoms with Crippen LogP contribution in [-0.4, -0.2) is 15.0 Å². The van der Waals surface area contributed by atoms with Crippen molar-refractivity contribution in [2.75, 3.05) is 0 Å². The van der Waals surface area contributed by atoms with Gasteiger partial charge < -0.3 is 4.42 Å². The maximum atomic E-state index is 6.53. The van der Waals surface area contributed by atoms with Crippen LogP contribution < -0.4 is 0 Å². The first-order valence-corrected chi connectivity index (χ1v) is 17.1. The van der Waals surface area contributed by atoms with Crippen LogP contribution in [0.2, 0.25) is 0 Å². The zero-order chi connectivity index (χ0) is 33.7. The molecule has 0 aliphatic carbocycles. The third kappa shape index (κ3) is 5.31. The van der Waals surface area contributed by atoms with Crippen LogP contribution in [0.3, 0.4) is 0 Å². The van der Waals surface area contributed by atoms with Crippen LogP contribution in [0.4, 0.5) is 0 Å². The lowest BCUT2D eigenvalue weighted by molar-refractivity contribution is 0.669. The molecule has 0 spiro atoms. The van der Waals surface area contributed by atoms with Crippen molar-refractivity contribution >= 4 is 43.5 Å². The van der Waals surface area contributed by atoms with Gasteiger partial charge in [0.05, 0.1) is 0 Å². The molecule has 0 radical (unpaired) electrons. The first kappa shape index (κ1) is 29.0. The topological polar surface area (TPSA) is 51.8 Å². The zero-order valence-corrected chi connectivity index (χ0v) is 27.5. The molecule has 0 saturated heterocycles. The minimum absolute atomic E-state index is 0.592. The van der Waals surface area contributed by atoms with E-state index in [1.807, 2.05) is 12.1 Å². The van der Waals surface area contributed by atoms with Crippen molar-refractivity contribution in [3.8, 4) is 56.4 Å². The van der Waals surface area contributed by atoms with Crippen LogP contribution in [0.1, 0.15) is 0 Å². The van der Waals surface area contributed by atoms with E-state index in [4.69, 9.17) is 19.4 Å². The van der Waals surface area contributed by atoms with Crippen molar-refractivity contribution in [2.24, 2.45) is 0 Å². The van der Waals surface area contributed by atoms with Gasteiger partial charge in [0.1, 0.15) is 11.2 Å². The number of rotatable bonds is 5. The van der Waals surface area contributed by atoms with Crippen LogP contribution in [-0.2, 0) is 0 Å². The Morgan fingerprint density at radius 3 is 1.31 bits per heavy atom. The molecule has 10 rings (SSSR count). The van der Waals surface area contributed by atoms with Crippen molar-refractivity contribution in [3.63, 3.8) is 0 Å². The zero-order valence-electron chi connectivity index (χ0n) is 27.5. The smallest absolute Gasteiger partial charge is 0.164 e. The highest BCUT2D eigenvalue weighted by atomic mass is 16.3. The van der Waals surface area contributed by atoms with Crippen LogP contribution in [0, 0.1) is 0 Å². The van der Waals surface area contributed by atoms with E-state index in [0.29, 0.717) is 17.5 Å². The number of hydrogen-bond acceptors (Lipinski definition) is 4. The maximum absolute atomic E-state index is 6.53. The lowest BCUT2D eigenvalue weighted by Gasteiger charge is -2.10. The molecule has 238 valence electrons. The Labute approximate surface area is 294 Å². The minimum atomic E-state index is 0.592. The van der Waals surface area contributed by atoms with Gasteiger partial charge in [-0.25, -0.2) is 15.0 Å². The third-order valence-electron chi connectivity index (χ3n) is 9.71. The van der Waals surface area contributed by atoms with Crippen LogP contribution in [0.25, 0.3) is 99.9 Å². The molecule has 10 aromatic rings. The van der Waals surface area contributed by atoms with Gasteiger partial charge in [-0.2, -0.15) is 0 Å². The lowest BCUT2D eigenvalue weighted by Crippen LogP contribution is -2.00. The van der Waals surface area contributed by atoms with Crippen molar-refractivity contribution in [1.29, 1.82) is 0 Å². The summed E-state index contributed by atoms with van der Waals surface area (Å²) in [6, 6.07) is 61.2. The van der Waals surface area contributed by atoms with Gasteiger partial charge in [-0.1, -0.05) is 140 Å². The Morgan fingerprint density at radius 1 is 0.275 bits per heavy atom. The fourth-order valence-electron chi connectivity index (χ4n) is 7.00. The molecule has 2 aromatic heterocycles. The molecule has 0 aliphatic heterocycles. The van der Waals surface area contributed by atoms with E-state index in [0.717, 1.165) is 60.7 Å². The summed E-state index contributed by atoms with van der Waals surface area (Å²) in [5.41, 5.74) is 8.95. The molecular formula is C47H29N3O. The van der Waals surface area contributed by atoms with Gasteiger partial charge in [0.2, 0.25) is 0 Å². The second kappa shape index (κ2) is 11.9. The van der Waals surface area contributed by atoms with Gasteiger partial charge in [0, 0.05) is 27.5 Å². The number of aromatic nitrogens is 3. The molecule has 0 saturated carbocycles. The van der Waals surface area contributed by atoms with Gasteiger partial charge >= 0.3 is 0 Å². The average Bonchev–Trinajstić information content (AvgIpc) is 3.58. The Morgan fingerprint density at radius 2 is 0.667 bits per heavy atom. The van der Waals surface area contributed by atoms with E-state index in [2.05, 4.69) is 164 Å². The summed E-state index contributed by atoms with van der Waals surface area (Å²) in [5.74, 6) is 1.83. The van der Waals surface area contributed by atoms with Crippen LogP contribution in [0.15, 0.2) is 180 Å². The normalized spacial score (nSPS) is 11.5. The fraction of sp³-hybridized carbons (Fsp3) is 0. The van der Waals surface area contributed by atoms with E-state index in [1.165, 1.54) is 21.7 Å². The highest BCUT2D eigenvalue weighted by Gasteiger charge is 2.16. The molecule has 0 bridgehead atoms. The van der Waals surface area contributed by atoms with Gasteiger partial charge in [-0.15, -0.1) is 0 Å². The number of nitrogens with zero attached hydrogens (tertiary/aromatic N) is 3. The van der Waals surface area contributed by atoms with Crippen molar-refractivity contribution < 1.29 is 4.42 Å². The van der Waals surface area contributed by atoms with Gasteiger partial charge in [0.25, 0.3) is 0 Å². The van der Waals surface area contributed by atoms with Gasteiger partial charge in [0.15, 0.2) is 17.5 Å². The Bertz CT molecular complexity index is 2910. The fourth-order valence-corrected chi connectivity index (χ4v) is 7.00. The van der Waals surface area contributed by atoms with E-state index in [9.17, 15) is 0 Å². The Balaban J connectivity index is 1.08. The van der Waals surface area contributed by atoms with E-state index < -0.39 is 0 Å². The molecule has 4 heteroatoms. The molecule has 0 unspecified atom stereocenters. The summed E-state index contributed by atoms with van der Waals surface area (Å²) >= 11 is 0. The first-order chi connectivity index (χ1) is 25.2. The predicted molar refractivity (Wildman–Crippen MR) is 209 cm³/mol. The standard InChI is InChI=1S/C47H29N3O/c1-2-8-30(9-3-1)33-14-18-34(19-15-33)45-48-46(39-21-17-32-11-5-7-13-36(32)27-39)50-47(49-45)40-23-25-42-41-24-22-38(28-43(41)51-44(42)29-40)37-20-16-31-10-4-6-12-35(31)26-37/h1-29H. The highest BCUT2D eigenvalue weighted by Crippen LogP contribution is 2.36. The second-order valence-corrected chi connectivity index (χ2v) is 12.9. The van der Waals surface area contributed by atoms with Crippen LogP contribution in [0.5, 0.6) is 0 Å². The molecule has 0 fully saturated rings. The van der Waals surface area contributed by atoms with Crippen molar-refractivity contribution in [2.45, 2.75) is 0 Å². The second-order valence-electron chi connectivity index (χ2n) is 12.9. The minimum Gasteiger partial charge on any atom is -0.456 e. The average molecular weight is 652 g/mol. The Hall–Kier alpha value is -6.91. The number of hydrogen-bond donors (Lipinski definition) is 0. The lowest BCUT2D eigenvalue weighted by atomic mass is 10.00. The molecular weight excluding hydrogens is 623 g/mol. The van der Waals surface area contributed by atoms with E-state index >= 15 is 0 Å². The summed E-state index contributed by atoms with van der Waals surface area (Å²) in [6.45, 7) is 0. The molecule has 0 amide bonds. The Kier molecular flexibility index (Phi) is 6.78. The SMILES string of the molecule is c1ccc(-c2ccc(-c3nc(-c4ccc5ccccc5c4)nc(-c4ccc5c(c4)oc4cc(-c6ccc7ccccc7c6)ccc45)n3)cc2)cc1. The molecule has 2 heterocycles. The molecule has 0 N–H and O–H groups in total. The molecule has 0 aliphatic rings. The summed E-state index contributed by atoms with van der Waals surface area (Å²) in [4.78, 5) is 15.1. The van der Waals surface area contributed by atoms with E-state index in [-0.39, 0.29) is 0 Å². The molecule has 8 aromatic carbocycles. The van der Waals surface area contributed by atoms with Crippen molar-refractivity contribution in [3.05, 3.63) is 176 Å². The largest absolute Gasteiger partial charge is 0.456 e.